The van der Waals surface area contributed by atoms with Crippen LogP contribution in [0.1, 0.15) is 31.3 Å². The summed E-state index contributed by atoms with van der Waals surface area (Å²) < 4.78 is 5.12. The highest BCUT2D eigenvalue weighted by molar-refractivity contribution is 6.29. The van der Waals surface area contributed by atoms with Crippen molar-refractivity contribution in [2.75, 3.05) is 19.6 Å². The van der Waals surface area contributed by atoms with Crippen LogP contribution in [0, 0.1) is 5.41 Å². The molecule has 96 valence electrons. The van der Waals surface area contributed by atoms with Gasteiger partial charge in [0.2, 0.25) is 0 Å². The van der Waals surface area contributed by atoms with Crippen LogP contribution in [-0.4, -0.2) is 30.4 Å². The largest absolute Gasteiger partial charge is 0.440 e. The summed E-state index contributed by atoms with van der Waals surface area (Å²) in [6.45, 7) is 7.71. The van der Waals surface area contributed by atoms with Crippen molar-refractivity contribution in [1.82, 2.24) is 4.90 Å². The normalized spacial score (nSPS) is 11.6. The van der Waals surface area contributed by atoms with E-state index < -0.39 is 0 Å². The Morgan fingerprint density at radius 3 is 2.59 bits per heavy atom. The Balaban J connectivity index is 2.78. The first-order valence-corrected chi connectivity index (χ1v) is 6.02. The van der Waals surface area contributed by atoms with Crippen molar-refractivity contribution >= 4 is 17.5 Å². The van der Waals surface area contributed by atoms with E-state index in [1.165, 1.54) is 0 Å². The van der Waals surface area contributed by atoms with Gasteiger partial charge in [-0.15, -0.1) is 0 Å². The smallest absolute Gasteiger partial charge is 0.289 e. The molecular weight excluding hydrogens is 240 g/mol. The summed E-state index contributed by atoms with van der Waals surface area (Å²) >= 11 is 5.66. The number of hydrogen-bond donors (Lipinski definition) is 1. The average molecular weight is 259 g/mol. The number of carbonyl (C=O) groups excluding carboxylic acids is 1. The zero-order chi connectivity index (χ0) is 13.1. The second-order valence-corrected chi connectivity index (χ2v) is 5.16. The van der Waals surface area contributed by atoms with Crippen molar-refractivity contribution in [3.05, 3.63) is 23.1 Å². The predicted octanol–water partition coefficient (Wildman–Crippen LogP) is 2.38. The number of furan rings is 1. The summed E-state index contributed by atoms with van der Waals surface area (Å²) in [5.74, 6) is 0.116. The summed E-state index contributed by atoms with van der Waals surface area (Å²) in [5.41, 5.74) is 5.56. The van der Waals surface area contributed by atoms with Gasteiger partial charge in [0.25, 0.3) is 5.91 Å². The first kappa shape index (κ1) is 14.1. The summed E-state index contributed by atoms with van der Waals surface area (Å²) in [5, 5.41) is 0.225. The minimum Gasteiger partial charge on any atom is -0.440 e. The molecule has 0 fully saturated rings. The van der Waals surface area contributed by atoms with Gasteiger partial charge in [-0.3, -0.25) is 4.79 Å². The molecule has 4 nitrogen and oxygen atoms in total. The number of nitrogens with zero attached hydrogens (tertiary/aromatic N) is 1. The second-order valence-electron chi connectivity index (χ2n) is 4.79. The third-order valence-electron chi connectivity index (χ3n) is 2.62. The van der Waals surface area contributed by atoms with Gasteiger partial charge in [0.05, 0.1) is 0 Å². The highest BCUT2D eigenvalue weighted by atomic mass is 35.5. The molecule has 0 bridgehead atoms. The number of amides is 1. The third-order valence-corrected chi connectivity index (χ3v) is 2.83. The van der Waals surface area contributed by atoms with Crippen molar-refractivity contribution in [2.24, 2.45) is 11.1 Å². The fourth-order valence-corrected chi connectivity index (χ4v) is 1.64. The molecule has 1 rings (SSSR count). The molecule has 0 aromatic carbocycles. The van der Waals surface area contributed by atoms with E-state index in [4.69, 9.17) is 21.8 Å². The molecule has 0 saturated carbocycles. The quantitative estimate of drug-likeness (QED) is 0.882. The lowest BCUT2D eigenvalue weighted by atomic mass is 9.93. The van der Waals surface area contributed by atoms with E-state index >= 15 is 0 Å². The molecule has 5 heteroatoms. The topological polar surface area (TPSA) is 59.5 Å². The van der Waals surface area contributed by atoms with Gasteiger partial charge in [-0.1, -0.05) is 13.8 Å². The van der Waals surface area contributed by atoms with E-state index in [2.05, 4.69) is 0 Å². The van der Waals surface area contributed by atoms with E-state index in [9.17, 15) is 4.79 Å². The fourth-order valence-electron chi connectivity index (χ4n) is 1.49. The molecule has 17 heavy (non-hydrogen) atoms. The second kappa shape index (κ2) is 5.56. The molecule has 0 aliphatic heterocycles. The van der Waals surface area contributed by atoms with Crippen LogP contribution in [-0.2, 0) is 0 Å². The molecule has 0 saturated heterocycles. The van der Waals surface area contributed by atoms with Gasteiger partial charge < -0.3 is 15.1 Å². The maximum absolute atomic E-state index is 12.1. The lowest BCUT2D eigenvalue weighted by Gasteiger charge is -2.30. The summed E-state index contributed by atoms with van der Waals surface area (Å²) in [6, 6.07) is 3.15. The van der Waals surface area contributed by atoms with E-state index in [0.29, 0.717) is 19.6 Å². The molecule has 1 aromatic rings. The Labute approximate surface area is 107 Å². The summed E-state index contributed by atoms with van der Waals surface area (Å²) in [4.78, 5) is 13.8. The first-order chi connectivity index (χ1) is 7.89. The van der Waals surface area contributed by atoms with E-state index in [0.717, 1.165) is 0 Å². The molecular formula is C12H19ClN2O2. The van der Waals surface area contributed by atoms with Crippen LogP contribution in [0.5, 0.6) is 0 Å². The van der Waals surface area contributed by atoms with Crippen molar-refractivity contribution < 1.29 is 9.21 Å². The van der Waals surface area contributed by atoms with Crippen LogP contribution >= 0.6 is 11.6 Å². The number of hydrogen-bond acceptors (Lipinski definition) is 3. The Morgan fingerprint density at radius 2 is 2.18 bits per heavy atom. The van der Waals surface area contributed by atoms with Crippen molar-refractivity contribution in [3.8, 4) is 0 Å². The van der Waals surface area contributed by atoms with Crippen molar-refractivity contribution in [2.45, 2.75) is 20.8 Å². The van der Waals surface area contributed by atoms with Crippen molar-refractivity contribution in [3.63, 3.8) is 0 Å². The number of halogens is 1. The molecule has 2 N–H and O–H groups in total. The Morgan fingerprint density at radius 1 is 1.53 bits per heavy atom. The predicted molar refractivity (Wildman–Crippen MR) is 68.1 cm³/mol. The monoisotopic (exact) mass is 258 g/mol. The van der Waals surface area contributed by atoms with Crippen LogP contribution in [0.2, 0.25) is 5.22 Å². The van der Waals surface area contributed by atoms with Gasteiger partial charge in [0, 0.05) is 13.1 Å². The molecule has 1 amide bonds. The fraction of sp³-hybridized carbons (Fsp3) is 0.583. The maximum atomic E-state index is 12.1. The standard InChI is InChI=1S/C12H19ClN2O2/c1-4-15(8-12(2,3)7-14)11(16)9-5-6-10(13)17-9/h5-6H,4,7-8,14H2,1-3H3. The minimum absolute atomic E-state index is 0.109. The zero-order valence-electron chi connectivity index (χ0n) is 10.5. The van der Waals surface area contributed by atoms with Crippen LogP contribution < -0.4 is 5.73 Å². The molecule has 0 spiro atoms. The zero-order valence-corrected chi connectivity index (χ0v) is 11.3. The van der Waals surface area contributed by atoms with Crippen LogP contribution in [0.15, 0.2) is 16.5 Å². The average Bonchev–Trinajstić information content (AvgIpc) is 2.72. The molecule has 0 radical (unpaired) electrons. The molecule has 1 heterocycles. The van der Waals surface area contributed by atoms with Crippen LogP contribution in [0.25, 0.3) is 0 Å². The molecule has 0 atom stereocenters. The maximum Gasteiger partial charge on any atom is 0.289 e. The first-order valence-electron chi connectivity index (χ1n) is 5.64. The van der Waals surface area contributed by atoms with Crippen LogP contribution in [0.3, 0.4) is 0 Å². The van der Waals surface area contributed by atoms with Crippen LogP contribution in [0.4, 0.5) is 0 Å². The Bertz CT molecular complexity index is 388. The van der Waals surface area contributed by atoms with Gasteiger partial charge in [-0.05, 0) is 42.6 Å². The highest BCUT2D eigenvalue weighted by Crippen LogP contribution is 2.19. The molecule has 1 aromatic heterocycles. The number of nitrogens with two attached hydrogens (primary N) is 1. The Kier molecular flexibility index (Phi) is 4.60. The van der Waals surface area contributed by atoms with E-state index in [1.807, 2.05) is 20.8 Å². The van der Waals surface area contributed by atoms with Gasteiger partial charge in [0.1, 0.15) is 0 Å². The third kappa shape index (κ3) is 3.75. The minimum atomic E-state index is -0.152. The van der Waals surface area contributed by atoms with Crippen molar-refractivity contribution in [1.29, 1.82) is 0 Å². The number of carbonyl (C=O) groups is 1. The van der Waals surface area contributed by atoms with Gasteiger partial charge in [-0.25, -0.2) is 0 Å². The Hall–Kier alpha value is -1.00. The molecule has 0 aliphatic rings. The summed E-state index contributed by atoms with van der Waals surface area (Å²) in [7, 11) is 0. The van der Waals surface area contributed by atoms with Gasteiger partial charge >= 0.3 is 0 Å². The lowest BCUT2D eigenvalue weighted by molar-refractivity contribution is 0.0669. The van der Waals surface area contributed by atoms with Gasteiger partial charge in [-0.2, -0.15) is 0 Å². The highest BCUT2D eigenvalue weighted by Gasteiger charge is 2.25. The molecule has 0 unspecified atom stereocenters. The van der Waals surface area contributed by atoms with E-state index in [1.54, 1.807) is 17.0 Å². The van der Waals surface area contributed by atoms with E-state index in [-0.39, 0.29) is 22.3 Å². The summed E-state index contributed by atoms with van der Waals surface area (Å²) in [6.07, 6.45) is 0. The lowest BCUT2D eigenvalue weighted by Crippen LogP contribution is -2.41. The van der Waals surface area contributed by atoms with Gasteiger partial charge in [0.15, 0.2) is 11.0 Å². The number of rotatable bonds is 5. The molecule has 0 aliphatic carbocycles. The SMILES string of the molecule is CCN(CC(C)(C)CN)C(=O)c1ccc(Cl)o1.